The van der Waals surface area contributed by atoms with Gasteiger partial charge in [-0.05, 0) is 74.2 Å². The number of carbonyl (C=O) groups is 2. The number of nitrogens with zero attached hydrogens (tertiary/aromatic N) is 1. The van der Waals surface area contributed by atoms with Crippen LogP contribution in [0.3, 0.4) is 0 Å². The zero-order valence-electron chi connectivity index (χ0n) is 18.0. The minimum Gasteiger partial charge on any atom is -0.494 e. The van der Waals surface area contributed by atoms with Crippen LogP contribution in [0.15, 0.2) is 66.0 Å². The number of likely N-dealkylation sites (tertiary alicyclic amines) is 1. The Morgan fingerprint density at radius 2 is 1.88 bits per heavy atom. The second-order valence-corrected chi connectivity index (χ2v) is 8.63. The van der Waals surface area contributed by atoms with Crippen LogP contribution in [0, 0.1) is 0 Å². The molecular weight excluding hydrogens is 422 g/mol. The largest absolute Gasteiger partial charge is 0.494 e. The Labute approximate surface area is 192 Å². The summed E-state index contributed by atoms with van der Waals surface area (Å²) in [4.78, 5) is 29.2. The summed E-state index contributed by atoms with van der Waals surface area (Å²) in [6.45, 7) is 3.71. The minimum absolute atomic E-state index is 0.116. The van der Waals surface area contributed by atoms with E-state index in [1.54, 1.807) is 41.7 Å². The highest BCUT2D eigenvalue weighted by molar-refractivity contribution is 7.10. The first-order valence-corrected chi connectivity index (χ1v) is 11.7. The van der Waals surface area contributed by atoms with Crippen molar-refractivity contribution in [3.8, 4) is 5.75 Å². The molecule has 4 rings (SSSR count). The van der Waals surface area contributed by atoms with Crippen molar-refractivity contribution in [1.29, 1.82) is 0 Å². The van der Waals surface area contributed by atoms with Gasteiger partial charge in [-0.3, -0.25) is 14.5 Å². The quantitative estimate of drug-likeness (QED) is 0.497. The molecule has 3 aromatic rings. The highest BCUT2D eigenvalue weighted by atomic mass is 32.1. The number of thiophene rings is 1. The second-order valence-electron chi connectivity index (χ2n) is 7.65. The van der Waals surface area contributed by atoms with Crippen LogP contribution in [0.4, 0.5) is 11.4 Å². The smallest absolute Gasteiger partial charge is 0.257 e. The van der Waals surface area contributed by atoms with Gasteiger partial charge in [-0.1, -0.05) is 18.2 Å². The Morgan fingerprint density at radius 3 is 2.62 bits per heavy atom. The van der Waals surface area contributed by atoms with Gasteiger partial charge in [0, 0.05) is 16.6 Å². The van der Waals surface area contributed by atoms with E-state index < -0.39 is 0 Å². The second kappa shape index (κ2) is 10.4. The molecule has 1 fully saturated rings. The third-order valence-corrected chi connectivity index (χ3v) is 6.42. The normalized spacial score (nSPS) is 16.0. The lowest BCUT2D eigenvalue weighted by atomic mass is 10.1. The molecule has 6 nitrogen and oxygen atoms in total. The fourth-order valence-corrected chi connectivity index (χ4v) is 4.88. The summed E-state index contributed by atoms with van der Waals surface area (Å²) >= 11 is 1.73. The van der Waals surface area contributed by atoms with E-state index in [1.165, 1.54) is 4.88 Å². The molecule has 0 spiro atoms. The van der Waals surface area contributed by atoms with E-state index in [4.69, 9.17) is 4.74 Å². The maximum Gasteiger partial charge on any atom is 0.257 e. The summed E-state index contributed by atoms with van der Waals surface area (Å²) in [5, 5.41) is 7.90. The van der Waals surface area contributed by atoms with Crippen LogP contribution >= 0.6 is 11.3 Å². The molecule has 7 heteroatoms. The third-order valence-electron chi connectivity index (χ3n) is 5.45. The SMILES string of the molecule is CCOc1ccc(NC(=O)c2ccccc2NC(=O)CN2CCC[C@@H]2c2cccs2)cc1. The van der Waals surface area contributed by atoms with E-state index in [0.29, 0.717) is 36.1 Å². The number of amides is 2. The summed E-state index contributed by atoms with van der Waals surface area (Å²) < 4.78 is 5.44. The van der Waals surface area contributed by atoms with Crippen LogP contribution in [0.2, 0.25) is 0 Å². The van der Waals surface area contributed by atoms with Gasteiger partial charge in [0.15, 0.2) is 0 Å². The molecule has 0 saturated carbocycles. The standard InChI is InChI=1S/C25H27N3O3S/c1-2-31-19-13-11-18(12-14-19)26-25(30)20-7-3-4-8-21(20)27-24(29)17-28-15-5-9-22(28)23-10-6-16-32-23/h3-4,6-8,10-14,16,22H,2,5,9,15,17H2,1H3,(H,26,30)(H,27,29)/t22-/m1/s1. The van der Waals surface area contributed by atoms with Gasteiger partial charge in [-0.2, -0.15) is 0 Å². The minimum atomic E-state index is -0.275. The third kappa shape index (κ3) is 5.36. The van der Waals surface area contributed by atoms with Gasteiger partial charge >= 0.3 is 0 Å². The maximum atomic E-state index is 12.9. The Hall–Kier alpha value is -3.16. The molecule has 2 heterocycles. The number of hydrogen-bond donors (Lipinski definition) is 2. The Morgan fingerprint density at radius 1 is 1.06 bits per heavy atom. The first kappa shape index (κ1) is 22.0. The molecule has 32 heavy (non-hydrogen) atoms. The predicted octanol–water partition coefficient (Wildman–Crippen LogP) is 5.17. The van der Waals surface area contributed by atoms with Gasteiger partial charge in [0.2, 0.25) is 5.91 Å². The van der Waals surface area contributed by atoms with E-state index in [-0.39, 0.29) is 11.8 Å². The molecule has 1 saturated heterocycles. The summed E-state index contributed by atoms with van der Waals surface area (Å²) in [6, 6.07) is 18.8. The van der Waals surface area contributed by atoms with Gasteiger partial charge in [-0.15, -0.1) is 11.3 Å². The summed E-state index contributed by atoms with van der Waals surface area (Å²) in [6.07, 6.45) is 2.14. The molecule has 2 N–H and O–H groups in total. The first-order chi connectivity index (χ1) is 15.6. The summed E-state index contributed by atoms with van der Waals surface area (Å²) in [5.74, 6) is 0.360. The Bertz CT molecular complexity index is 1050. The zero-order chi connectivity index (χ0) is 22.3. The molecule has 0 aliphatic carbocycles. The van der Waals surface area contributed by atoms with E-state index in [1.807, 2.05) is 25.1 Å². The predicted molar refractivity (Wildman–Crippen MR) is 129 cm³/mol. The van der Waals surface area contributed by atoms with E-state index in [2.05, 4.69) is 33.0 Å². The highest BCUT2D eigenvalue weighted by Crippen LogP contribution is 2.34. The van der Waals surface area contributed by atoms with Gasteiger partial charge in [-0.25, -0.2) is 0 Å². The van der Waals surface area contributed by atoms with Crippen LogP contribution in [-0.2, 0) is 4.79 Å². The van der Waals surface area contributed by atoms with E-state index in [0.717, 1.165) is 25.1 Å². The highest BCUT2D eigenvalue weighted by Gasteiger charge is 2.28. The molecule has 1 aromatic heterocycles. The van der Waals surface area contributed by atoms with Gasteiger partial charge in [0.1, 0.15) is 5.75 Å². The van der Waals surface area contributed by atoms with Crippen molar-refractivity contribution in [3.05, 3.63) is 76.5 Å². The van der Waals surface area contributed by atoms with Gasteiger partial charge < -0.3 is 15.4 Å². The number of benzene rings is 2. The average molecular weight is 450 g/mol. The number of carbonyl (C=O) groups excluding carboxylic acids is 2. The molecule has 1 atom stereocenters. The Balaban J connectivity index is 1.40. The van der Waals surface area contributed by atoms with Crippen molar-refractivity contribution in [2.75, 3.05) is 30.3 Å². The van der Waals surface area contributed by atoms with Crippen LogP contribution in [0.25, 0.3) is 0 Å². The van der Waals surface area contributed by atoms with E-state index in [9.17, 15) is 9.59 Å². The van der Waals surface area contributed by atoms with Crippen LogP contribution in [-0.4, -0.2) is 36.4 Å². The zero-order valence-corrected chi connectivity index (χ0v) is 18.9. The molecular formula is C25H27N3O3S. The van der Waals surface area contributed by atoms with Crippen LogP contribution < -0.4 is 15.4 Å². The van der Waals surface area contributed by atoms with Crippen molar-refractivity contribution in [1.82, 2.24) is 4.90 Å². The molecule has 2 aromatic carbocycles. The molecule has 1 aliphatic rings. The molecule has 2 amide bonds. The lowest BCUT2D eigenvalue weighted by Gasteiger charge is -2.23. The number of rotatable bonds is 8. The molecule has 1 aliphatic heterocycles. The number of hydrogen-bond acceptors (Lipinski definition) is 5. The first-order valence-electron chi connectivity index (χ1n) is 10.8. The van der Waals surface area contributed by atoms with Gasteiger partial charge in [0.25, 0.3) is 5.91 Å². The number of ether oxygens (including phenoxy) is 1. The average Bonchev–Trinajstić information content (AvgIpc) is 3.47. The summed E-state index contributed by atoms with van der Waals surface area (Å²) in [7, 11) is 0. The van der Waals surface area contributed by atoms with Crippen molar-refractivity contribution in [2.24, 2.45) is 0 Å². The van der Waals surface area contributed by atoms with Crippen LogP contribution in [0.5, 0.6) is 5.75 Å². The van der Waals surface area contributed by atoms with Crippen molar-refractivity contribution < 1.29 is 14.3 Å². The fraction of sp³-hybridized carbons (Fsp3) is 0.280. The van der Waals surface area contributed by atoms with Crippen molar-refractivity contribution >= 4 is 34.5 Å². The molecule has 0 unspecified atom stereocenters. The van der Waals surface area contributed by atoms with Crippen LogP contribution in [0.1, 0.15) is 41.0 Å². The molecule has 0 radical (unpaired) electrons. The number of nitrogens with one attached hydrogen (secondary N) is 2. The lowest BCUT2D eigenvalue weighted by Crippen LogP contribution is -2.33. The topological polar surface area (TPSA) is 70.7 Å². The number of para-hydroxylation sites is 1. The van der Waals surface area contributed by atoms with E-state index >= 15 is 0 Å². The molecule has 0 bridgehead atoms. The molecule has 166 valence electrons. The van der Waals surface area contributed by atoms with Crippen molar-refractivity contribution in [2.45, 2.75) is 25.8 Å². The monoisotopic (exact) mass is 449 g/mol. The number of anilines is 2. The fourth-order valence-electron chi connectivity index (χ4n) is 3.98. The maximum absolute atomic E-state index is 12.9. The Kier molecular flexibility index (Phi) is 7.19. The lowest BCUT2D eigenvalue weighted by molar-refractivity contribution is -0.117. The summed E-state index contributed by atoms with van der Waals surface area (Å²) in [5.41, 5.74) is 1.59. The van der Waals surface area contributed by atoms with Crippen molar-refractivity contribution in [3.63, 3.8) is 0 Å². The van der Waals surface area contributed by atoms with Gasteiger partial charge in [0.05, 0.1) is 24.4 Å².